The maximum atomic E-state index is 12.0. The highest BCUT2D eigenvalue weighted by Crippen LogP contribution is 2.41. The summed E-state index contributed by atoms with van der Waals surface area (Å²) in [6.07, 6.45) is 3.71. The van der Waals surface area contributed by atoms with Crippen LogP contribution in [0.25, 0.3) is 0 Å². The third kappa shape index (κ3) is 1.62. The van der Waals surface area contributed by atoms with Crippen LogP contribution in [0.2, 0.25) is 0 Å². The number of carbonyl (C=O) groups is 1. The molecule has 0 aromatic carbocycles. The van der Waals surface area contributed by atoms with Crippen molar-refractivity contribution < 1.29 is 4.79 Å². The molecular weight excluding hydrogens is 194 g/mol. The Hall–Kier alpha value is -0.670. The fourth-order valence-corrected chi connectivity index (χ4v) is 2.64. The van der Waals surface area contributed by atoms with Crippen molar-refractivity contribution in [1.29, 1.82) is 0 Å². The van der Waals surface area contributed by atoms with Crippen molar-refractivity contribution in [3.05, 3.63) is 22.4 Å². The third-order valence-corrected chi connectivity index (χ3v) is 3.97. The summed E-state index contributed by atoms with van der Waals surface area (Å²) in [6, 6.07) is 2.02. The zero-order valence-electron chi connectivity index (χ0n) is 8.16. The number of thiophene rings is 1. The monoisotopic (exact) mass is 209 g/mol. The molecule has 1 aliphatic rings. The highest BCUT2D eigenvalue weighted by Gasteiger charge is 2.41. The Kier molecular flexibility index (Phi) is 2.70. The molecule has 2 nitrogen and oxygen atoms in total. The van der Waals surface area contributed by atoms with Crippen molar-refractivity contribution in [2.24, 2.45) is 11.1 Å². The van der Waals surface area contributed by atoms with Crippen molar-refractivity contribution in [2.75, 3.05) is 6.54 Å². The SMILES string of the molecule is NCC1(C(=O)Cc2ccsc2)CCC1. The van der Waals surface area contributed by atoms with Gasteiger partial charge in [0.15, 0.2) is 0 Å². The first-order chi connectivity index (χ1) is 6.77. The van der Waals surface area contributed by atoms with Crippen LogP contribution in [0.4, 0.5) is 0 Å². The second-order valence-corrected chi connectivity index (χ2v) is 4.85. The Bertz CT molecular complexity index is 309. The average Bonchev–Trinajstić information content (AvgIpc) is 2.55. The van der Waals surface area contributed by atoms with Gasteiger partial charge in [-0.05, 0) is 35.2 Å². The summed E-state index contributed by atoms with van der Waals surface area (Å²) in [7, 11) is 0. The van der Waals surface area contributed by atoms with Gasteiger partial charge < -0.3 is 5.73 Å². The van der Waals surface area contributed by atoms with Gasteiger partial charge >= 0.3 is 0 Å². The van der Waals surface area contributed by atoms with Gasteiger partial charge in [0.1, 0.15) is 5.78 Å². The van der Waals surface area contributed by atoms with Crippen LogP contribution in [0, 0.1) is 5.41 Å². The smallest absolute Gasteiger partial charge is 0.144 e. The average molecular weight is 209 g/mol. The number of hydrogen-bond donors (Lipinski definition) is 1. The minimum atomic E-state index is -0.165. The van der Waals surface area contributed by atoms with Gasteiger partial charge in [0.2, 0.25) is 0 Å². The molecule has 0 bridgehead atoms. The summed E-state index contributed by atoms with van der Waals surface area (Å²) in [6.45, 7) is 0.524. The molecule has 0 saturated heterocycles. The first-order valence-electron chi connectivity index (χ1n) is 5.01. The molecule has 1 aliphatic carbocycles. The minimum absolute atomic E-state index is 0.165. The first kappa shape index (κ1) is 9.87. The van der Waals surface area contributed by atoms with Crippen LogP contribution in [0.3, 0.4) is 0 Å². The lowest BCUT2D eigenvalue weighted by Gasteiger charge is -2.39. The molecule has 1 heterocycles. The predicted molar refractivity (Wildman–Crippen MR) is 58.4 cm³/mol. The number of Topliss-reactive ketones (excluding diaryl/α,β-unsaturated/α-hetero) is 1. The fraction of sp³-hybridized carbons (Fsp3) is 0.545. The van der Waals surface area contributed by atoms with Gasteiger partial charge in [0, 0.05) is 18.4 Å². The highest BCUT2D eigenvalue weighted by molar-refractivity contribution is 7.07. The van der Waals surface area contributed by atoms with Gasteiger partial charge in [-0.25, -0.2) is 0 Å². The maximum Gasteiger partial charge on any atom is 0.144 e. The van der Waals surface area contributed by atoms with E-state index in [0.29, 0.717) is 18.7 Å². The molecule has 1 aromatic heterocycles. The Balaban J connectivity index is 2.01. The zero-order valence-corrected chi connectivity index (χ0v) is 8.98. The lowest BCUT2D eigenvalue weighted by Crippen LogP contribution is -2.45. The number of rotatable bonds is 4. The normalized spacial score (nSPS) is 18.9. The standard InChI is InChI=1S/C11H15NOS/c12-8-11(3-1-4-11)10(13)6-9-2-5-14-7-9/h2,5,7H,1,3-4,6,8,12H2. The van der Waals surface area contributed by atoms with Gasteiger partial charge in [-0.2, -0.15) is 11.3 Å². The summed E-state index contributed by atoms with van der Waals surface area (Å²) < 4.78 is 0. The fourth-order valence-electron chi connectivity index (χ4n) is 1.97. The Labute approximate surface area is 88.1 Å². The van der Waals surface area contributed by atoms with E-state index < -0.39 is 0 Å². The van der Waals surface area contributed by atoms with Crippen molar-refractivity contribution in [2.45, 2.75) is 25.7 Å². The summed E-state index contributed by atoms with van der Waals surface area (Å²) in [5, 5.41) is 4.05. The minimum Gasteiger partial charge on any atom is -0.329 e. The number of ketones is 1. The zero-order chi connectivity index (χ0) is 10.0. The second-order valence-electron chi connectivity index (χ2n) is 4.07. The summed E-state index contributed by atoms with van der Waals surface area (Å²) in [5.74, 6) is 0.338. The van der Waals surface area contributed by atoms with E-state index in [9.17, 15) is 4.79 Å². The molecule has 0 radical (unpaired) electrons. The van der Waals surface area contributed by atoms with Crippen molar-refractivity contribution in [3.8, 4) is 0 Å². The number of hydrogen-bond acceptors (Lipinski definition) is 3. The number of carbonyl (C=O) groups excluding carboxylic acids is 1. The van der Waals surface area contributed by atoms with Crippen molar-refractivity contribution in [3.63, 3.8) is 0 Å². The summed E-state index contributed by atoms with van der Waals surface area (Å²) >= 11 is 1.64. The second kappa shape index (κ2) is 3.83. The maximum absolute atomic E-state index is 12.0. The van der Waals surface area contributed by atoms with E-state index in [2.05, 4.69) is 0 Å². The molecule has 0 aliphatic heterocycles. The first-order valence-corrected chi connectivity index (χ1v) is 5.96. The van der Waals surface area contributed by atoms with Crippen LogP contribution in [0.15, 0.2) is 16.8 Å². The van der Waals surface area contributed by atoms with Gasteiger partial charge in [0.25, 0.3) is 0 Å². The molecule has 1 aromatic rings. The third-order valence-electron chi connectivity index (χ3n) is 3.24. The van der Waals surface area contributed by atoms with E-state index in [-0.39, 0.29) is 5.41 Å². The molecule has 1 saturated carbocycles. The van der Waals surface area contributed by atoms with Crippen LogP contribution < -0.4 is 5.73 Å². The molecule has 0 spiro atoms. The van der Waals surface area contributed by atoms with Crippen molar-refractivity contribution >= 4 is 17.1 Å². The van der Waals surface area contributed by atoms with E-state index in [4.69, 9.17) is 5.73 Å². The van der Waals surface area contributed by atoms with Gasteiger partial charge in [-0.1, -0.05) is 6.42 Å². The molecule has 1 fully saturated rings. The largest absolute Gasteiger partial charge is 0.329 e. The molecular formula is C11H15NOS. The molecule has 3 heteroatoms. The molecule has 0 amide bonds. The van der Waals surface area contributed by atoms with E-state index in [1.807, 2.05) is 16.8 Å². The van der Waals surface area contributed by atoms with Crippen LogP contribution in [0.5, 0.6) is 0 Å². The Morgan fingerprint density at radius 1 is 1.57 bits per heavy atom. The van der Waals surface area contributed by atoms with Crippen LogP contribution in [-0.2, 0) is 11.2 Å². The lowest BCUT2D eigenvalue weighted by atomic mass is 9.65. The van der Waals surface area contributed by atoms with E-state index in [1.165, 1.54) is 0 Å². The quantitative estimate of drug-likeness (QED) is 0.824. The van der Waals surface area contributed by atoms with Gasteiger partial charge in [-0.15, -0.1) is 0 Å². The van der Waals surface area contributed by atoms with E-state index >= 15 is 0 Å². The summed E-state index contributed by atoms with van der Waals surface area (Å²) in [5.41, 5.74) is 6.65. The molecule has 76 valence electrons. The van der Waals surface area contributed by atoms with E-state index in [1.54, 1.807) is 11.3 Å². The molecule has 0 atom stereocenters. The van der Waals surface area contributed by atoms with Crippen LogP contribution in [0.1, 0.15) is 24.8 Å². The molecule has 2 N–H and O–H groups in total. The Morgan fingerprint density at radius 2 is 2.36 bits per heavy atom. The van der Waals surface area contributed by atoms with Gasteiger partial charge in [0.05, 0.1) is 0 Å². The lowest BCUT2D eigenvalue weighted by molar-refractivity contribution is -0.132. The van der Waals surface area contributed by atoms with Crippen molar-refractivity contribution in [1.82, 2.24) is 0 Å². The topological polar surface area (TPSA) is 43.1 Å². The van der Waals surface area contributed by atoms with Crippen LogP contribution in [-0.4, -0.2) is 12.3 Å². The molecule has 14 heavy (non-hydrogen) atoms. The Morgan fingerprint density at radius 3 is 2.79 bits per heavy atom. The van der Waals surface area contributed by atoms with Crippen LogP contribution >= 0.6 is 11.3 Å². The predicted octanol–water partition coefficient (Wildman–Crippen LogP) is 1.99. The summed E-state index contributed by atoms with van der Waals surface area (Å²) in [4.78, 5) is 12.0. The molecule has 2 rings (SSSR count). The van der Waals surface area contributed by atoms with Gasteiger partial charge in [-0.3, -0.25) is 4.79 Å². The van der Waals surface area contributed by atoms with E-state index in [0.717, 1.165) is 24.8 Å². The highest BCUT2D eigenvalue weighted by atomic mass is 32.1. The molecule has 0 unspecified atom stereocenters. The number of nitrogens with two attached hydrogens (primary N) is 1.